The number of rotatable bonds is 7. The second kappa shape index (κ2) is 8.07. The summed E-state index contributed by atoms with van der Waals surface area (Å²) in [6.07, 6.45) is 0. The lowest BCUT2D eigenvalue weighted by molar-refractivity contribution is -0.115. The van der Waals surface area contributed by atoms with Crippen LogP contribution in [0.3, 0.4) is 0 Å². The topological polar surface area (TPSA) is 50.4 Å². The Balaban J connectivity index is 1.82. The average molecular weight is 284 g/mol. The van der Waals surface area contributed by atoms with Gasteiger partial charge in [-0.3, -0.25) is 4.79 Å². The molecule has 1 amide bonds. The number of carbonyl (C=O) groups is 1. The number of hydrogen-bond acceptors (Lipinski definition) is 3. The van der Waals surface area contributed by atoms with Crippen LogP contribution in [-0.4, -0.2) is 19.1 Å². The first-order valence-electron chi connectivity index (χ1n) is 7.06. The first kappa shape index (κ1) is 15.1. The monoisotopic (exact) mass is 284 g/mol. The Bertz CT molecular complexity index is 570. The van der Waals surface area contributed by atoms with E-state index < -0.39 is 0 Å². The van der Waals surface area contributed by atoms with Crippen molar-refractivity contribution >= 4 is 11.6 Å². The highest BCUT2D eigenvalue weighted by Gasteiger charge is 2.06. The number of para-hydroxylation sites is 2. The van der Waals surface area contributed by atoms with E-state index >= 15 is 0 Å². The van der Waals surface area contributed by atoms with Crippen LogP contribution in [0.15, 0.2) is 54.6 Å². The van der Waals surface area contributed by atoms with E-state index in [9.17, 15) is 4.79 Å². The van der Waals surface area contributed by atoms with Crippen molar-refractivity contribution in [3.63, 3.8) is 0 Å². The molecule has 2 aromatic rings. The maximum atomic E-state index is 11.9. The molecule has 0 fully saturated rings. The third-order valence-corrected chi connectivity index (χ3v) is 2.92. The maximum absolute atomic E-state index is 11.9. The van der Waals surface area contributed by atoms with Crippen molar-refractivity contribution in [1.29, 1.82) is 0 Å². The largest absolute Gasteiger partial charge is 0.492 e. The zero-order valence-electron chi connectivity index (χ0n) is 12.1. The highest BCUT2D eigenvalue weighted by Crippen LogP contribution is 2.23. The zero-order valence-corrected chi connectivity index (χ0v) is 12.1. The maximum Gasteiger partial charge on any atom is 0.238 e. The van der Waals surface area contributed by atoms with Gasteiger partial charge in [-0.2, -0.15) is 0 Å². The summed E-state index contributed by atoms with van der Waals surface area (Å²) in [5, 5.41) is 5.98. The van der Waals surface area contributed by atoms with Crippen LogP contribution in [0.4, 0.5) is 5.69 Å². The summed E-state index contributed by atoms with van der Waals surface area (Å²) < 4.78 is 5.48. The summed E-state index contributed by atoms with van der Waals surface area (Å²) >= 11 is 0. The number of anilines is 1. The Morgan fingerprint density at radius 3 is 2.52 bits per heavy atom. The molecule has 0 heterocycles. The van der Waals surface area contributed by atoms with E-state index in [4.69, 9.17) is 4.74 Å². The summed E-state index contributed by atoms with van der Waals surface area (Å²) in [6.45, 7) is 3.41. The molecule has 0 aliphatic heterocycles. The lowest BCUT2D eigenvalue weighted by Crippen LogP contribution is -2.27. The molecule has 2 N–H and O–H groups in total. The van der Waals surface area contributed by atoms with Crippen LogP contribution in [0.1, 0.15) is 12.5 Å². The van der Waals surface area contributed by atoms with E-state index in [1.54, 1.807) is 0 Å². The minimum absolute atomic E-state index is 0.0851. The third-order valence-electron chi connectivity index (χ3n) is 2.92. The quantitative estimate of drug-likeness (QED) is 0.822. The van der Waals surface area contributed by atoms with Gasteiger partial charge in [-0.15, -0.1) is 0 Å². The molecule has 110 valence electrons. The molecular weight excluding hydrogens is 264 g/mol. The molecule has 4 heteroatoms. The van der Waals surface area contributed by atoms with E-state index in [2.05, 4.69) is 10.6 Å². The Labute approximate surface area is 125 Å². The first-order chi connectivity index (χ1) is 10.3. The van der Waals surface area contributed by atoms with Crippen LogP contribution >= 0.6 is 0 Å². The van der Waals surface area contributed by atoms with Gasteiger partial charge >= 0.3 is 0 Å². The Morgan fingerprint density at radius 2 is 1.76 bits per heavy atom. The second-order valence-electron chi connectivity index (χ2n) is 4.57. The van der Waals surface area contributed by atoms with E-state index in [0.717, 1.165) is 5.56 Å². The summed E-state index contributed by atoms with van der Waals surface area (Å²) in [5.74, 6) is 0.606. The molecule has 21 heavy (non-hydrogen) atoms. The van der Waals surface area contributed by atoms with E-state index in [1.165, 1.54) is 0 Å². The number of hydrogen-bond donors (Lipinski definition) is 2. The van der Waals surface area contributed by atoms with Crippen LogP contribution in [0.25, 0.3) is 0 Å². The summed E-state index contributed by atoms with van der Waals surface area (Å²) in [5.41, 5.74) is 1.85. The van der Waals surface area contributed by atoms with Crippen molar-refractivity contribution in [3.05, 3.63) is 60.2 Å². The molecule has 4 nitrogen and oxygen atoms in total. The molecule has 0 saturated carbocycles. The minimum Gasteiger partial charge on any atom is -0.492 e. The molecule has 0 spiro atoms. The molecule has 0 aliphatic carbocycles. The minimum atomic E-state index is -0.0851. The van der Waals surface area contributed by atoms with Crippen LogP contribution < -0.4 is 15.4 Å². The Morgan fingerprint density at radius 1 is 1.05 bits per heavy atom. The molecule has 0 aliphatic rings. The second-order valence-corrected chi connectivity index (χ2v) is 4.57. The fraction of sp³-hybridized carbons (Fsp3) is 0.235. The Hall–Kier alpha value is -2.33. The molecule has 2 aromatic carbocycles. The molecule has 0 radical (unpaired) electrons. The van der Waals surface area contributed by atoms with Gasteiger partial charge in [-0.25, -0.2) is 0 Å². The highest BCUT2D eigenvalue weighted by atomic mass is 16.5. The molecule has 0 saturated heterocycles. The SMILES string of the molecule is CCOc1ccccc1NC(=O)CNCc1ccccc1. The van der Waals surface area contributed by atoms with Crippen LogP contribution in [0, 0.1) is 0 Å². The smallest absolute Gasteiger partial charge is 0.238 e. The number of benzene rings is 2. The first-order valence-corrected chi connectivity index (χ1v) is 7.06. The van der Waals surface area contributed by atoms with Crippen molar-refractivity contribution in [3.8, 4) is 5.75 Å². The lowest BCUT2D eigenvalue weighted by atomic mass is 10.2. The van der Waals surface area contributed by atoms with Gasteiger partial charge in [0.1, 0.15) is 5.75 Å². The Kier molecular flexibility index (Phi) is 5.79. The van der Waals surface area contributed by atoms with Gasteiger partial charge in [-0.05, 0) is 24.6 Å². The predicted octanol–water partition coefficient (Wildman–Crippen LogP) is 2.81. The van der Waals surface area contributed by atoms with Gasteiger partial charge < -0.3 is 15.4 Å². The highest BCUT2D eigenvalue weighted by molar-refractivity contribution is 5.93. The van der Waals surface area contributed by atoms with Crippen molar-refractivity contribution in [2.45, 2.75) is 13.5 Å². The number of nitrogens with one attached hydrogen (secondary N) is 2. The van der Waals surface area contributed by atoms with Crippen molar-refractivity contribution in [2.24, 2.45) is 0 Å². The van der Waals surface area contributed by atoms with E-state index in [0.29, 0.717) is 24.6 Å². The number of amides is 1. The fourth-order valence-electron chi connectivity index (χ4n) is 1.96. The van der Waals surface area contributed by atoms with Gasteiger partial charge in [0.15, 0.2) is 0 Å². The van der Waals surface area contributed by atoms with Gasteiger partial charge in [0, 0.05) is 6.54 Å². The van der Waals surface area contributed by atoms with Crippen LogP contribution in [0.5, 0.6) is 5.75 Å². The number of carbonyl (C=O) groups excluding carboxylic acids is 1. The molecule has 2 rings (SSSR count). The fourth-order valence-corrected chi connectivity index (χ4v) is 1.96. The van der Waals surface area contributed by atoms with Gasteiger partial charge in [0.05, 0.1) is 18.8 Å². The van der Waals surface area contributed by atoms with Crippen LogP contribution in [-0.2, 0) is 11.3 Å². The van der Waals surface area contributed by atoms with Crippen LogP contribution in [0.2, 0.25) is 0 Å². The van der Waals surface area contributed by atoms with Crippen molar-refractivity contribution < 1.29 is 9.53 Å². The van der Waals surface area contributed by atoms with Crippen molar-refractivity contribution in [2.75, 3.05) is 18.5 Å². The van der Waals surface area contributed by atoms with E-state index in [-0.39, 0.29) is 12.5 Å². The summed E-state index contributed by atoms with van der Waals surface area (Å²) in [4.78, 5) is 11.9. The third kappa shape index (κ3) is 4.93. The summed E-state index contributed by atoms with van der Waals surface area (Å²) in [6, 6.07) is 17.4. The normalized spacial score (nSPS) is 10.1. The summed E-state index contributed by atoms with van der Waals surface area (Å²) in [7, 11) is 0. The van der Waals surface area contributed by atoms with Gasteiger partial charge in [-0.1, -0.05) is 42.5 Å². The molecular formula is C17H20N2O2. The lowest BCUT2D eigenvalue weighted by Gasteiger charge is -2.11. The van der Waals surface area contributed by atoms with Gasteiger partial charge in [0.25, 0.3) is 0 Å². The standard InChI is InChI=1S/C17H20N2O2/c1-2-21-16-11-7-6-10-15(16)19-17(20)13-18-12-14-8-4-3-5-9-14/h3-11,18H,2,12-13H2,1H3,(H,19,20). The molecule has 0 bridgehead atoms. The predicted molar refractivity (Wildman–Crippen MR) is 84.4 cm³/mol. The van der Waals surface area contributed by atoms with E-state index in [1.807, 2.05) is 61.5 Å². The van der Waals surface area contributed by atoms with Gasteiger partial charge in [0.2, 0.25) is 5.91 Å². The molecule has 0 atom stereocenters. The molecule has 0 unspecified atom stereocenters. The average Bonchev–Trinajstić information content (AvgIpc) is 2.50. The zero-order chi connectivity index (χ0) is 14.9. The van der Waals surface area contributed by atoms with Crippen molar-refractivity contribution in [1.82, 2.24) is 5.32 Å². The number of ether oxygens (including phenoxy) is 1. The molecule has 0 aromatic heterocycles.